The van der Waals surface area contributed by atoms with E-state index in [2.05, 4.69) is 10.1 Å². The van der Waals surface area contributed by atoms with Gasteiger partial charge in [-0.1, -0.05) is 12.1 Å². The second-order valence-corrected chi connectivity index (χ2v) is 7.69. The normalized spacial score (nSPS) is 16.1. The first-order chi connectivity index (χ1) is 15.1. The second-order valence-electron chi connectivity index (χ2n) is 6.68. The number of nitrogens with one attached hydrogen (secondary N) is 1. The number of halogens is 3. The summed E-state index contributed by atoms with van der Waals surface area (Å²) in [5.41, 5.74) is 5.52. The molecule has 1 aliphatic rings. The van der Waals surface area contributed by atoms with Crippen LogP contribution in [-0.4, -0.2) is 30.3 Å². The van der Waals surface area contributed by atoms with Crippen LogP contribution in [0.5, 0.6) is 11.5 Å². The summed E-state index contributed by atoms with van der Waals surface area (Å²) in [5, 5.41) is 1.69. The Morgan fingerprint density at radius 1 is 1.19 bits per heavy atom. The van der Waals surface area contributed by atoms with Crippen molar-refractivity contribution in [1.82, 2.24) is 5.32 Å². The van der Waals surface area contributed by atoms with Crippen molar-refractivity contribution in [1.29, 1.82) is 0 Å². The summed E-state index contributed by atoms with van der Waals surface area (Å²) in [6.45, 7) is 0. The minimum Gasteiger partial charge on any atom is -0.468 e. The van der Waals surface area contributed by atoms with Crippen molar-refractivity contribution in [2.45, 2.75) is 18.6 Å². The first kappa shape index (κ1) is 23.4. The number of rotatable bonds is 6. The van der Waals surface area contributed by atoms with Crippen LogP contribution < -0.4 is 15.8 Å². The molecule has 1 saturated heterocycles. The fourth-order valence-corrected chi connectivity index (χ4v) is 3.50. The van der Waals surface area contributed by atoms with Crippen molar-refractivity contribution in [3.05, 3.63) is 64.1 Å². The Morgan fingerprint density at radius 2 is 1.88 bits per heavy atom. The lowest BCUT2D eigenvalue weighted by molar-refractivity contribution is -0.142. The number of hydrogen-bond donors (Lipinski definition) is 2. The Hall–Kier alpha value is -3.31. The SMILES string of the molecule is COC(=O)C(N)Cc1cc(C(F)(F)F)ccc1Oc1ccc(/C=C2\SC(=O)NC2=O)cc1. The summed E-state index contributed by atoms with van der Waals surface area (Å²) in [4.78, 5) is 34.7. The largest absolute Gasteiger partial charge is 0.468 e. The van der Waals surface area contributed by atoms with Gasteiger partial charge in [-0.05, 0) is 59.3 Å². The smallest absolute Gasteiger partial charge is 0.416 e. The van der Waals surface area contributed by atoms with Crippen molar-refractivity contribution in [3.63, 3.8) is 0 Å². The van der Waals surface area contributed by atoms with E-state index in [1.54, 1.807) is 24.3 Å². The number of imide groups is 1. The second kappa shape index (κ2) is 9.45. The fourth-order valence-electron chi connectivity index (χ4n) is 2.82. The van der Waals surface area contributed by atoms with Crippen LogP contribution >= 0.6 is 11.8 Å². The molecule has 11 heteroatoms. The van der Waals surface area contributed by atoms with Gasteiger partial charge in [0.1, 0.15) is 17.5 Å². The predicted octanol–water partition coefficient (Wildman–Crippen LogP) is 3.86. The molecule has 1 fully saturated rings. The molecule has 7 nitrogen and oxygen atoms in total. The summed E-state index contributed by atoms with van der Waals surface area (Å²) in [6, 6.07) is 8.06. The maximum atomic E-state index is 13.1. The number of carbonyl (C=O) groups excluding carboxylic acids is 3. The Bertz CT molecular complexity index is 1080. The average molecular weight is 466 g/mol. The summed E-state index contributed by atoms with van der Waals surface area (Å²) in [7, 11) is 1.13. The summed E-state index contributed by atoms with van der Waals surface area (Å²) in [6.07, 6.45) is -3.28. The third kappa shape index (κ3) is 5.68. The first-order valence-electron chi connectivity index (χ1n) is 9.13. The molecule has 0 saturated carbocycles. The highest BCUT2D eigenvalue weighted by Crippen LogP contribution is 2.35. The number of benzene rings is 2. The fraction of sp³-hybridized carbons (Fsp3) is 0.190. The third-order valence-corrected chi connectivity index (χ3v) is 5.19. The number of nitrogens with two attached hydrogens (primary N) is 1. The average Bonchev–Trinajstić information content (AvgIpc) is 3.05. The van der Waals surface area contributed by atoms with Gasteiger partial charge in [-0.15, -0.1) is 0 Å². The van der Waals surface area contributed by atoms with E-state index in [4.69, 9.17) is 10.5 Å². The molecule has 0 bridgehead atoms. The van der Waals surface area contributed by atoms with Crippen molar-refractivity contribution in [3.8, 4) is 11.5 Å². The van der Waals surface area contributed by atoms with E-state index in [0.29, 0.717) is 11.3 Å². The number of methoxy groups -OCH3 is 1. The number of hydrogen-bond acceptors (Lipinski definition) is 7. The highest BCUT2D eigenvalue weighted by Gasteiger charge is 2.32. The van der Waals surface area contributed by atoms with Gasteiger partial charge in [0, 0.05) is 6.42 Å². The van der Waals surface area contributed by atoms with Crippen molar-refractivity contribution in [2.24, 2.45) is 5.73 Å². The molecule has 0 aromatic heterocycles. The molecule has 0 aliphatic carbocycles. The molecule has 2 aromatic carbocycles. The van der Waals surface area contributed by atoms with Gasteiger partial charge in [0.25, 0.3) is 11.1 Å². The Balaban J connectivity index is 1.84. The zero-order valence-corrected chi connectivity index (χ0v) is 17.4. The summed E-state index contributed by atoms with van der Waals surface area (Å²) >= 11 is 0.779. The Morgan fingerprint density at radius 3 is 2.44 bits per heavy atom. The van der Waals surface area contributed by atoms with E-state index < -0.39 is 34.9 Å². The van der Waals surface area contributed by atoms with Gasteiger partial charge >= 0.3 is 12.1 Å². The lowest BCUT2D eigenvalue weighted by Gasteiger charge is -2.16. The minimum atomic E-state index is -4.58. The number of thioether (sulfide) groups is 1. The molecule has 1 aliphatic heterocycles. The highest BCUT2D eigenvalue weighted by atomic mass is 32.2. The van der Waals surface area contributed by atoms with Crippen molar-refractivity contribution < 1.29 is 37.0 Å². The van der Waals surface area contributed by atoms with Gasteiger partial charge in [-0.3, -0.25) is 19.7 Å². The monoisotopic (exact) mass is 466 g/mol. The van der Waals surface area contributed by atoms with Gasteiger partial charge in [-0.2, -0.15) is 13.2 Å². The summed E-state index contributed by atoms with van der Waals surface area (Å²) in [5.74, 6) is -0.853. The van der Waals surface area contributed by atoms with Crippen LogP contribution in [0, 0.1) is 0 Å². The topological polar surface area (TPSA) is 108 Å². The van der Waals surface area contributed by atoms with Crippen LogP contribution in [0.1, 0.15) is 16.7 Å². The van der Waals surface area contributed by atoms with E-state index in [-0.39, 0.29) is 22.6 Å². The number of ether oxygens (including phenoxy) is 2. The minimum absolute atomic E-state index is 0.0847. The van der Waals surface area contributed by atoms with Crippen molar-refractivity contribution in [2.75, 3.05) is 7.11 Å². The van der Waals surface area contributed by atoms with Crippen LogP contribution in [0.4, 0.5) is 18.0 Å². The number of esters is 1. The van der Waals surface area contributed by atoms with Crippen LogP contribution in [0.3, 0.4) is 0 Å². The molecule has 0 spiro atoms. The maximum Gasteiger partial charge on any atom is 0.416 e. The molecule has 1 heterocycles. The van der Waals surface area contributed by atoms with Gasteiger partial charge in [-0.25, -0.2) is 0 Å². The molecule has 3 rings (SSSR count). The molecule has 168 valence electrons. The van der Waals surface area contributed by atoms with Gasteiger partial charge in [0.15, 0.2) is 0 Å². The predicted molar refractivity (Wildman–Crippen MR) is 111 cm³/mol. The van der Waals surface area contributed by atoms with Gasteiger partial charge in [0.05, 0.1) is 17.6 Å². The number of carbonyl (C=O) groups is 3. The zero-order valence-electron chi connectivity index (χ0n) is 16.6. The van der Waals surface area contributed by atoms with E-state index in [1.807, 2.05) is 0 Å². The van der Waals surface area contributed by atoms with Gasteiger partial charge < -0.3 is 15.2 Å². The molecule has 2 amide bonds. The van der Waals surface area contributed by atoms with Gasteiger partial charge in [0.2, 0.25) is 0 Å². The van der Waals surface area contributed by atoms with E-state index >= 15 is 0 Å². The Kier molecular flexibility index (Phi) is 6.90. The lowest BCUT2D eigenvalue weighted by Crippen LogP contribution is -2.33. The molecule has 1 atom stereocenters. The Labute approximate surface area is 184 Å². The van der Waals surface area contributed by atoms with Crippen LogP contribution in [0.2, 0.25) is 0 Å². The number of amides is 2. The van der Waals surface area contributed by atoms with Crippen molar-refractivity contribution >= 4 is 35.0 Å². The van der Waals surface area contributed by atoms with E-state index in [0.717, 1.165) is 37.1 Å². The van der Waals surface area contributed by atoms with Crippen LogP contribution in [0.15, 0.2) is 47.4 Å². The lowest BCUT2D eigenvalue weighted by atomic mass is 10.0. The quantitative estimate of drug-likeness (QED) is 0.492. The standard InChI is InChI=1S/C21H17F3N2O5S/c1-30-19(28)15(25)10-12-9-13(21(22,23)24)4-7-16(12)31-14-5-2-11(3-6-14)8-17-18(27)26-20(29)32-17/h2-9,15H,10,25H2,1H3,(H,26,27,29)/b17-8-. The molecular formula is C21H17F3N2O5S. The number of alkyl halides is 3. The highest BCUT2D eigenvalue weighted by molar-refractivity contribution is 8.18. The molecule has 0 radical (unpaired) electrons. The van der Waals surface area contributed by atoms with E-state index in [1.165, 1.54) is 6.08 Å². The maximum absolute atomic E-state index is 13.1. The van der Waals surface area contributed by atoms with Crippen LogP contribution in [-0.2, 0) is 26.9 Å². The molecule has 32 heavy (non-hydrogen) atoms. The molecule has 1 unspecified atom stereocenters. The molecule has 3 N–H and O–H groups in total. The zero-order chi connectivity index (χ0) is 23.5. The molecule has 2 aromatic rings. The van der Waals surface area contributed by atoms with Crippen LogP contribution in [0.25, 0.3) is 6.08 Å². The molecular weight excluding hydrogens is 449 g/mol. The third-order valence-electron chi connectivity index (χ3n) is 4.38. The summed E-state index contributed by atoms with van der Waals surface area (Å²) < 4.78 is 49.7. The first-order valence-corrected chi connectivity index (χ1v) is 9.95. The van der Waals surface area contributed by atoms with E-state index in [9.17, 15) is 27.6 Å².